The lowest BCUT2D eigenvalue weighted by atomic mass is 9.96. The van der Waals surface area contributed by atoms with Gasteiger partial charge in [0.1, 0.15) is 0 Å². The number of aromatic nitrogens is 1. The minimum atomic E-state index is -0.728. The highest BCUT2D eigenvalue weighted by molar-refractivity contribution is 5.95. The van der Waals surface area contributed by atoms with E-state index in [-0.39, 0.29) is 5.91 Å². The van der Waals surface area contributed by atoms with E-state index in [0.717, 1.165) is 5.69 Å². The highest BCUT2D eigenvalue weighted by Gasteiger charge is 2.39. The summed E-state index contributed by atoms with van der Waals surface area (Å²) in [5, 5.41) is 9.69. The molecule has 4 heteroatoms. The Balaban J connectivity index is 1.82. The molecule has 1 saturated heterocycles. The van der Waals surface area contributed by atoms with Crippen LogP contribution in [0.4, 0.5) is 0 Å². The maximum absolute atomic E-state index is 12.2. The number of rotatable bonds is 2. The van der Waals surface area contributed by atoms with Gasteiger partial charge < -0.3 is 14.6 Å². The van der Waals surface area contributed by atoms with Crippen LogP contribution in [0.1, 0.15) is 17.3 Å². The molecule has 0 saturated carbocycles. The Labute approximate surface area is 111 Å². The van der Waals surface area contributed by atoms with E-state index in [0.29, 0.717) is 18.7 Å². The summed E-state index contributed by atoms with van der Waals surface area (Å²) in [7, 11) is 0. The molecule has 1 aromatic carbocycles. The molecule has 2 heterocycles. The van der Waals surface area contributed by atoms with Crippen LogP contribution >= 0.6 is 0 Å². The van der Waals surface area contributed by atoms with E-state index in [2.05, 4.69) is 0 Å². The number of likely N-dealkylation sites (tertiary alicyclic amines) is 1. The number of aliphatic hydroxyl groups is 1. The second kappa shape index (κ2) is 4.24. The van der Waals surface area contributed by atoms with Crippen molar-refractivity contribution >= 4 is 5.91 Å². The fourth-order valence-electron chi connectivity index (χ4n) is 2.41. The van der Waals surface area contributed by atoms with Gasteiger partial charge in [0.05, 0.1) is 18.7 Å². The van der Waals surface area contributed by atoms with Gasteiger partial charge in [-0.15, -0.1) is 0 Å². The number of amides is 1. The number of carbonyl (C=O) groups is 1. The molecule has 1 amide bonds. The summed E-state index contributed by atoms with van der Waals surface area (Å²) in [4.78, 5) is 13.9. The third-order valence-electron chi connectivity index (χ3n) is 3.35. The lowest BCUT2D eigenvalue weighted by Crippen LogP contribution is -2.61. The van der Waals surface area contributed by atoms with Crippen molar-refractivity contribution in [2.24, 2.45) is 0 Å². The van der Waals surface area contributed by atoms with E-state index in [9.17, 15) is 9.90 Å². The summed E-state index contributed by atoms with van der Waals surface area (Å²) in [5.41, 5.74) is 0.887. The molecular weight excluding hydrogens is 240 g/mol. The van der Waals surface area contributed by atoms with Crippen molar-refractivity contribution in [3.05, 3.63) is 54.4 Å². The zero-order valence-electron chi connectivity index (χ0n) is 10.8. The lowest BCUT2D eigenvalue weighted by Gasteiger charge is -2.44. The van der Waals surface area contributed by atoms with E-state index < -0.39 is 5.60 Å². The Kier molecular flexibility index (Phi) is 2.68. The Morgan fingerprint density at radius 2 is 1.89 bits per heavy atom. The molecule has 19 heavy (non-hydrogen) atoms. The van der Waals surface area contributed by atoms with Crippen LogP contribution in [0.15, 0.2) is 48.8 Å². The SMILES string of the molecule is CC1(O)CN(C(=O)c2cccc(-n3cccc3)c2)C1. The third kappa shape index (κ3) is 2.27. The highest BCUT2D eigenvalue weighted by atomic mass is 16.3. The van der Waals surface area contributed by atoms with Crippen LogP contribution in [0.3, 0.4) is 0 Å². The first-order valence-electron chi connectivity index (χ1n) is 6.30. The van der Waals surface area contributed by atoms with Crippen LogP contribution < -0.4 is 0 Å². The Bertz CT molecular complexity index is 594. The van der Waals surface area contributed by atoms with E-state index in [1.807, 2.05) is 53.4 Å². The molecule has 98 valence electrons. The maximum Gasteiger partial charge on any atom is 0.254 e. The van der Waals surface area contributed by atoms with E-state index in [4.69, 9.17) is 0 Å². The summed E-state index contributed by atoms with van der Waals surface area (Å²) < 4.78 is 1.96. The zero-order chi connectivity index (χ0) is 13.5. The average Bonchev–Trinajstić information content (AvgIpc) is 2.89. The predicted molar refractivity (Wildman–Crippen MR) is 72.3 cm³/mol. The number of benzene rings is 1. The number of nitrogens with zero attached hydrogens (tertiary/aromatic N) is 2. The second-order valence-electron chi connectivity index (χ2n) is 5.30. The monoisotopic (exact) mass is 256 g/mol. The summed E-state index contributed by atoms with van der Waals surface area (Å²) in [6.45, 7) is 2.55. The third-order valence-corrected chi connectivity index (χ3v) is 3.35. The summed E-state index contributed by atoms with van der Waals surface area (Å²) in [6, 6.07) is 11.4. The van der Waals surface area contributed by atoms with Gasteiger partial charge in [-0.2, -0.15) is 0 Å². The molecule has 0 spiro atoms. The molecule has 3 rings (SSSR count). The molecule has 1 aromatic heterocycles. The first-order valence-corrected chi connectivity index (χ1v) is 6.30. The minimum Gasteiger partial charge on any atom is -0.386 e. The molecule has 0 atom stereocenters. The Morgan fingerprint density at radius 1 is 1.21 bits per heavy atom. The number of hydrogen-bond donors (Lipinski definition) is 1. The molecule has 1 N–H and O–H groups in total. The fraction of sp³-hybridized carbons (Fsp3) is 0.267. The molecule has 0 unspecified atom stereocenters. The molecule has 4 nitrogen and oxygen atoms in total. The topological polar surface area (TPSA) is 45.5 Å². The molecule has 0 aliphatic carbocycles. The van der Waals surface area contributed by atoms with Crippen molar-refractivity contribution in [3.63, 3.8) is 0 Å². The summed E-state index contributed by atoms with van der Waals surface area (Å²) >= 11 is 0. The molecule has 0 radical (unpaired) electrons. The Morgan fingerprint density at radius 3 is 2.53 bits per heavy atom. The largest absolute Gasteiger partial charge is 0.386 e. The highest BCUT2D eigenvalue weighted by Crippen LogP contribution is 2.22. The van der Waals surface area contributed by atoms with Crippen molar-refractivity contribution in [3.8, 4) is 5.69 Å². The quantitative estimate of drug-likeness (QED) is 0.888. The van der Waals surface area contributed by atoms with E-state index >= 15 is 0 Å². The minimum absolute atomic E-state index is 0.0273. The van der Waals surface area contributed by atoms with Crippen molar-refractivity contribution in [2.75, 3.05) is 13.1 Å². The smallest absolute Gasteiger partial charge is 0.254 e. The van der Waals surface area contributed by atoms with Crippen LogP contribution in [-0.2, 0) is 0 Å². The van der Waals surface area contributed by atoms with Crippen LogP contribution in [-0.4, -0.2) is 39.2 Å². The number of carbonyl (C=O) groups excluding carboxylic acids is 1. The van der Waals surface area contributed by atoms with Gasteiger partial charge >= 0.3 is 0 Å². The van der Waals surface area contributed by atoms with Gasteiger partial charge in [0.15, 0.2) is 0 Å². The zero-order valence-corrected chi connectivity index (χ0v) is 10.8. The molecule has 1 fully saturated rings. The van der Waals surface area contributed by atoms with Crippen molar-refractivity contribution in [1.82, 2.24) is 9.47 Å². The molecular formula is C15H16N2O2. The number of hydrogen-bond acceptors (Lipinski definition) is 2. The van der Waals surface area contributed by atoms with Crippen molar-refractivity contribution in [1.29, 1.82) is 0 Å². The van der Waals surface area contributed by atoms with Crippen LogP contribution in [0.5, 0.6) is 0 Å². The molecule has 1 aliphatic rings. The van der Waals surface area contributed by atoms with Gasteiger partial charge in [-0.3, -0.25) is 4.79 Å². The fourth-order valence-corrected chi connectivity index (χ4v) is 2.41. The van der Waals surface area contributed by atoms with Crippen LogP contribution in [0, 0.1) is 0 Å². The van der Waals surface area contributed by atoms with Gasteiger partial charge in [-0.05, 0) is 37.3 Å². The normalized spacial score (nSPS) is 17.1. The maximum atomic E-state index is 12.2. The predicted octanol–water partition coefficient (Wildman–Crippen LogP) is 1.68. The molecule has 0 bridgehead atoms. The molecule has 1 aliphatic heterocycles. The van der Waals surface area contributed by atoms with Gasteiger partial charge in [0.25, 0.3) is 5.91 Å². The lowest BCUT2D eigenvalue weighted by molar-refractivity contribution is -0.0668. The van der Waals surface area contributed by atoms with Gasteiger partial charge in [-0.25, -0.2) is 0 Å². The standard InChI is InChI=1S/C15H16N2O2/c1-15(19)10-17(11-15)14(18)12-5-4-6-13(9-12)16-7-2-3-8-16/h2-9,19H,10-11H2,1H3. The Hall–Kier alpha value is -2.07. The second-order valence-corrected chi connectivity index (χ2v) is 5.30. The average molecular weight is 256 g/mol. The number of β-amino-alcohol motifs (C(OH)–C–C–N with tert-alkyl or cyclic N) is 1. The van der Waals surface area contributed by atoms with Gasteiger partial charge in [0, 0.05) is 23.6 Å². The van der Waals surface area contributed by atoms with Crippen LogP contribution in [0.25, 0.3) is 5.69 Å². The first-order chi connectivity index (χ1) is 9.05. The van der Waals surface area contributed by atoms with E-state index in [1.54, 1.807) is 11.8 Å². The van der Waals surface area contributed by atoms with E-state index in [1.165, 1.54) is 0 Å². The summed E-state index contributed by atoms with van der Waals surface area (Å²) in [6.07, 6.45) is 3.88. The van der Waals surface area contributed by atoms with Crippen LogP contribution in [0.2, 0.25) is 0 Å². The van der Waals surface area contributed by atoms with Crippen molar-refractivity contribution in [2.45, 2.75) is 12.5 Å². The van der Waals surface area contributed by atoms with Crippen molar-refractivity contribution < 1.29 is 9.90 Å². The first kappa shape index (κ1) is 12.0. The van der Waals surface area contributed by atoms with Gasteiger partial charge in [0.2, 0.25) is 0 Å². The van der Waals surface area contributed by atoms with Gasteiger partial charge in [-0.1, -0.05) is 6.07 Å². The summed E-state index contributed by atoms with van der Waals surface area (Å²) in [5.74, 6) is -0.0273. The molecule has 2 aromatic rings.